The summed E-state index contributed by atoms with van der Waals surface area (Å²) in [4.78, 5) is 34.0. The Morgan fingerprint density at radius 3 is 1.80 bits per heavy atom. The Balaban J connectivity index is 4.19. The van der Waals surface area contributed by atoms with Crippen molar-refractivity contribution in [2.45, 2.75) is 117 Å². The predicted octanol–water partition coefficient (Wildman–Crippen LogP) is 5.24. The lowest BCUT2D eigenvalue weighted by atomic mass is 10.0. The van der Waals surface area contributed by atoms with Crippen LogP contribution in [0.25, 0.3) is 0 Å². The molecule has 30 heavy (non-hydrogen) atoms. The van der Waals surface area contributed by atoms with Gasteiger partial charge < -0.3 is 14.8 Å². The molecule has 0 aromatic rings. The topological polar surface area (TPSA) is 81.7 Å². The molecule has 0 bridgehead atoms. The maximum atomic E-state index is 11.5. The standard InChI is InChI=1S/C24H43NO5/c1-5-6-7-8-9-10-11-12-13-14-15-16-17-18-24(30-22(4)28)23(25-20(2)26)19-29-21(3)27/h17-18,23-24H,5-16,19H2,1-4H3,(H,25,26)/b18-17+. The fourth-order valence-electron chi connectivity index (χ4n) is 3.29. The number of hydrogen-bond donors (Lipinski definition) is 1. The molecule has 0 aliphatic rings. The molecule has 0 aliphatic carbocycles. The Kier molecular flexibility index (Phi) is 18.0. The quantitative estimate of drug-likeness (QED) is 0.184. The summed E-state index contributed by atoms with van der Waals surface area (Å²) in [6, 6.07) is -0.608. The lowest BCUT2D eigenvalue weighted by Gasteiger charge is -2.24. The summed E-state index contributed by atoms with van der Waals surface area (Å²) in [7, 11) is 0. The van der Waals surface area contributed by atoms with Gasteiger partial charge in [-0.25, -0.2) is 0 Å². The smallest absolute Gasteiger partial charge is 0.303 e. The molecule has 0 saturated carbocycles. The SMILES string of the molecule is CCCCCCCCCCCCC/C=C/C(OC(C)=O)C(COC(C)=O)NC(C)=O. The van der Waals surface area contributed by atoms with Crippen molar-refractivity contribution >= 4 is 17.8 Å². The minimum Gasteiger partial charge on any atom is -0.464 e. The van der Waals surface area contributed by atoms with E-state index in [2.05, 4.69) is 12.2 Å². The molecule has 6 heteroatoms. The van der Waals surface area contributed by atoms with Crippen molar-refractivity contribution in [3.05, 3.63) is 12.2 Å². The van der Waals surface area contributed by atoms with Crippen molar-refractivity contribution in [3.63, 3.8) is 0 Å². The third-order valence-corrected chi connectivity index (χ3v) is 4.85. The summed E-state index contributed by atoms with van der Waals surface area (Å²) in [5.74, 6) is -1.17. The van der Waals surface area contributed by atoms with E-state index in [-0.39, 0.29) is 12.5 Å². The van der Waals surface area contributed by atoms with Gasteiger partial charge in [0.25, 0.3) is 0 Å². The van der Waals surface area contributed by atoms with Gasteiger partial charge in [-0.3, -0.25) is 14.4 Å². The molecule has 6 nitrogen and oxygen atoms in total. The molecule has 1 amide bonds. The van der Waals surface area contributed by atoms with E-state index in [1.807, 2.05) is 6.08 Å². The first kappa shape index (κ1) is 28.1. The normalized spacial score (nSPS) is 13.1. The summed E-state index contributed by atoms with van der Waals surface area (Å²) in [6.45, 7) is 6.20. The Morgan fingerprint density at radius 2 is 1.33 bits per heavy atom. The van der Waals surface area contributed by atoms with Crippen LogP contribution in [0.15, 0.2) is 12.2 Å². The van der Waals surface area contributed by atoms with Gasteiger partial charge in [-0.05, 0) is 18.9 Å². The average Bonchev–Trinajstić information content (AvgIpc) is 2.67. The summed E-state index contributed by atoms with van der Waals surface area (Å²) < 4.78 is 10.3. The van der Waals surface area contributed by atoms with Gasteiger partial charge in [-0.15, -0.1) is 0 Å². The molecular formula is C24H43NO5. The lowest BCUT2D eigenvalue weighted by molar-refractivity contribution is -0.149. The van der Waals surface area contributed by atoms with Crippen molar-refractivity contribution in [3.8, 4) is 0 Å². The van der Waals surface area contributed by atoms with Crippen LogP contribution < -0.4 is 5.32 Å². The maximum absolute atomic E-state index is 11.5. The van der Waals surface area contributed by atoms with Gasteiger partial charge in [-0.1, -0.05) is 77.2 Å². The van der Waals surface area contributed by atoms with Crippen LogP contribution >= 0.6 is 0 Å². The van der Waals surface area contributed by atoms with Crippen LogP contribution in [-0.4, -0.2) is 36.6 Å². The van der Waals surface area contributed by atoms with E-state index >= 15 is 0 Å². The molecule has 0 fully saturated rings. The first-order valence-corrected chi connectivity index (χ1v) is 11.6. The Labute approximate surface area is 183 Å². The molecule has 1 N–H and O–H groups in total. The van der Waals surface area contributed by atoms with E-state index in [1.54, 1.807) is 6.08 Å². The van der Waals surface area contributed by atoms with E-state index in [0.717, 1.165) is 12.8 Å². The van der Waals surface area contributed by atoms with Crippen molar-refractivity contribution in [1.29, 1.82) is 0 Å². The second-order valence-corrected chi connectivity index (χ2v) is 7.94. The van der Waals surface area contributed by atoms with Crippen LogP contribution in [0.2, 0.25) is 0 Å². The minimum atomic E-state index is -0.668. The van der Waals surface area contributed by atoms with Gasteiger partial charge in [0.05, 0.1) is 0 Å². The van der Waals surface area contributed by atoms with Crippen molar-refractivity contribution < 1.29 is 23.9 Å². The Bertz CT molecular complexity index is 504. The van der Waals surface area contributed by atoms with Crippen LogP contribution in [0, 0.1) is 0 Å². The van der Waals surface area contributed by atoms with Gasteiger partial charge in [-0.2, -0.15) is 0 Å². The third kappa shape index (κ3) is 18.2. The zero-order chi connectivity index (χ0) is 22.6. The van der Waals surface area contributed by atoms with Crippen LogP contribution in [0.1, 0.15) is 105 Å². The van der Waals surface area contributed by atoms with Gasteiger partial charge in [0, 0.05) is 20.8 Å². The van der Waals surface area contributed by atoms with Crippen LogP contribution in [-0.2, 0) is 23.9 Å². The number of unbranched alkanes of at least 4 members (excludes halogenated alkanes) is 11. The van der Waals surface area contributed by atoms with E-state index in [1.165, 1.54) is 85.0 Å². The highest BCUT2D eigenvalue weighted by atomic mass is 16.6. The molecule has 0 spiro atoms. The summed E-state index contributed by atoms with van der Waals surface area (Å²) in [5.41, 5.74) is 0. The molecule has 0 aromatic carbocycles. The number of ether oxygens (including phenoxy) is 2. The average molecular weight is 426 g/mol. The van der Waals surface area contributed by atoms with Gasteiger partial charge >= 0.3 is 11.9 Å². The second-order valence-electron chi connectivity index (χ2n) is 7.94. The number of carbonyl (C=O) groups is 3. The summed E-state index contributed by atoms with van der Waals surface area (Å²) in [6.07, 6.45) is 18.2. The number of esters is 2. The summed E-state index contributed by atoms with van der Waals surface area (Å²) >= 11 is 0. The van der Waals surface area contributed by atoms with E-state index in [0.29, 0.717) is 0 Å². The molecule has 0 heterocycles. The molecular weight excluding hydrogens is 382 g/mol. The zero-order valence-corrected chi connectivity index (χ0v) is 19.5. The predicted molar refractivity (Wildman–Crippen MR) is 120 cm³/mol. The Hall–Kier alpha value is -1.85. The lowest BCUT2D eigenvalue weighted by Crippen LogP contribution is -2.46. The molecule has 0 radical (unpaired) electrons. The highest BCUT2D eigenvalue weighted by Gasteiger charge is 2.24. The monoisotopic (exact) mass is 425 g/mol. The van der Waals surface area contributed by atoms with Crippen molar-refractivity contribution in [1.82, 2.24) is 5.32 Å². The van der Waals surface area contributed by atoms with E-state index < -0.39 is 24.1 Å². The van der Waals surface area contributed by atoms with E-state index in [9.17, 15) is 14.4 Å². The second kappa shape index (κ2) is 19.1. The number of hydrogen-bond acceptors (Lipinski definition) is 5. The van der Waals surface area contributed by atoms with Gasteiger partial charge in [0.1, 0.15) is 18.8 Å². The van der Waals surface area contributed by atoms with Crippen LogP contribution in [0.5, 0.6) is 0 Å². The van der Waals surface area contributed by atoms with Gasteiger partial charge in [0.2, 0.25) is 5.91 Å². The first-order valence-electron chi connectivity index (χ1n) is 11.6. The minimum absolute atomic E-state index is 0.0460. The molecule has 2 unspecified atom stereocenters. The molecule has 0 aliphatic heterocycles. The molecule has 174 valence electrons. The number of rotatable bonds is 18. The maximum Gasteiger partial charge on any atom is 0.303 e. The largest absolute Gasteiger partial charge is 0.464 e. The number of nitrogens with one attached hydrogen (secondary N) is 1. The third-order valence-electron chi connectivity index (χ3n) is 4.85. The zero-order valence-electron chi connectivity index (χ0n) is 19.5. The van der Waals surface area contributed by atoms with Crippen molar-refractivity contribution in [2.75, 3.05) is 6.61 Å². The fourth-order valence-corrected chi connectivity index (χ4v) is 3.29. The molecule has 2 atom stereocenters. The van der Waals surface area contributed by atoms with Gasteiger partial charge in [0.15, 0.2) is 0 Å². The number of allylic oxidation sites excluding steroid dienone is 1. The highest BCUT2D eigenvalue weighted by molar-refractivity contribution is 5.73. The summed E-state index contributed by atoms with van der Waals surface area (Å²) in [5, 5.41) is 2.69. The first-order chi connectivity index (χ1) is 14.4. The van der Waals surface area contributed by atoms with E-state index in [4.69, 9.17) is 9.47 Å². The Morgan fingerprint density at radius 1 is 0.800 bits per heavy atom. The van der Waals surface area contributed by atoms with Crippen molar-refractivity contribution in [2.24, 2.45) is 0 Å². The fraction of sp³-hybridized carbons (Fsp3) is 0.792. The molecule has 0 rings (SSSR count). The van der Waals surface area contributed by atoms with Crippen LogP contribution in [0.3, 0.4) is 0 Å². The van der Waals surface area contributed by atoms with Crippen LogP contribution in [0.4, 0.5) is 0 Å². The molecule has 0 aromatic heterocycles. The molecule has 0 saturated heterocycles. The number of amides is 1. The number of carbonyl (C=O) groups excluding carboxylic acids is 3. The highest BCUT2D eigenvalue weighted by Crippen LogP contribution is 2.12.